The van der Waals surface area contributed by atoms with Gasteiger partial charge < -0.3 is 4.74 Å². The average molecular weight is 288 g/mol. The first-order valence-electron chi connectivity index (χ1n) is 7.82. The van der Waals surface area contributed by atoms with Gasteiger partial charge in [0.25, 0.3) is 0 Å². The largest absolute Gasteiger partial charge is 0.497 e. The number of carbonyl (C=O) groups excluding carboxylic acids is 1. The Kier molecular flexibility index (Phi) is 4.27. The van der Waals surface area contributed by atoms with Gasteiger partial charge in [0, 0.05) is 30.7 Å². The van der Waals surface area contributed by atoms with Crippen molar-refractivity contribution in [3.63, 3.8) is 0 Å². The molecule has 2 aliphatic rings. The standard InChI is InChI=1S/C17H24N2O2/c1-13-10-18-8-4-6-15(18)11-19(13)12-17(20)14-5-3-7-16(9-14)21-2/h3,5,7,9,13,15H,4,6,8,10-12H2,1-2H3. The van der Waals surface area contributed by atoms with Gasteiger partial charge in [-0.25, -0.2) is 0 Å². The second-order valence-corrected chi connectivity index (χ2v) is 6.22. The first kappa shape index (κ1) is 14.5. The first-order valence-corrected chi connectivity index (χ1v) is 7.82. The van der Waals surface area contributed by atoms with Crippen molar-refractivity contribution < 1.29 is 9.53 Å². The molecule has 2 aliphatic heterocycles. The number of hydrogen-bond donors (Lipinski definition) is 0. The number of hydrogen-bond acceptors (Lipinski definition) is 4. The maximum Gasteiger partial charge on any atom is 0.176 e. The summed E-state index contributed by atoms with van der Waals surface area (Å²) in [5, 5.41) is 0. The molecule has 0 amide bonds. The molecule has 2 unspecified atom stereocenters. The summed E-state index contributed by atoms with van der Waals surface area (Å²) in [7, 11) is 1.63. The molecule has 1 aromatic rings. The van der Waals surface area contributed by atoms with E-state index in [-0.39, 0.29) is 5.78 Å². The van der Waals surface area contributed by atoms with Crippen LogP contribution in [0.5, 0.6) is 5.75 Å². The van der Waals surface area contributed by atoms with Crippen LogP contribution in [0.3, 0.4) is 0 Å². The van der Waals surface area contributed by atoms with Crippen LogP contribution in [0, 0.1) is 0 Å². The van der Waals surface area contributed by atoms with Crippen LogP contribution in [0.25, 0.3) is 0 Å². The highest BCUT2D eigenvalue weighted by Gasteiger charge is 2.34. The number of ether oxygens (including phenoxy) is 1. The van der Waals surface area contributed by atoms with E-state index in [1.165, 1.54) is 19.4 Å². The SMILES string of the molecule is COc1cccc(C(=O)CN2CC3CCCN3CC2C)c1. The van der Waals surface area contributed by atoms with Gasteiger partial charge in [0.2, 0.25) is 0 Å². The van der Waals surface area contributed by atoms with E-state index in [4.69, 9.17) is 4.74 Å². The minimum atomic E-state index is 0.187. The van der Waals surface area contributed by atoms with Crippen LogP contribution in [0.4, 0.5) is 0 Å². The molecule has 2 saturated heterocycles. The summed E-state index contributed by atoms with van der Waals surface area (Å²) in [4.78, 5) is 17.4. The van der Waals surface area contributed by atoms with Crippen LogP contribution in [0.2, 0.25) is 0 Å². The van der Waals surface area contributed by atoms with Gasteiger partial charge in [-0.15, -0.1) is 0 Å². The Morgan fingerprint density at radius 2 is 2.24 bits per heavy atom. The van der Waals surface area contributed by atoms with Gasteiger partial charge in [0.1, 0.15) is 5.75 Å². The predicted octanol–water partition coefficient (Wildman–Crippen LogP) is 2.05. The van der Waals surface area contributed by atoms with E-state index in [9.17, 15) is 4.79 Å². The molecule has 2 atom stereocenters. The number of methoxy groups -OCH3 is 1. The summed E-state index contributed by atoms with van der Waals surface area (Å²) in [6.45, 7) is 6.09. The molecule has 4 heteroatoms. The Morgan fingerprint density at radius 3 is 3.05 bits per heavy atom. The highest BCUT2D eigenvalue weighted by molar-refractivity contribution is 5.98. The van der Waals surface area contributed by atoms with Crippen LogP contribution in [-0.4, -0.2) is 61.0 Å². The highest BCUT2D eigenvalue weighted by atomic mass is 16.5. The minimum Gasteiger partial charge on any atom is -0.497 e. The summed E-state index contributed by atoms with van der Waals surface area (Å²) in [6, 6.07) is 8.56. The van der Waals surface area contributed by atoms with E-state index in [2.05, 4.69) is 16.7 Å². The van der Waals surface area contributed by atoms with Gasteiger partial charge in [0.05, 0.1) is 13.7 Å². The van der Waals surface area contributed by atoms with Gasteiger partial charge in [0.15, 0.2) is 5.78 Å². The molecule has 3 rings (SSSR count). The molecule has 0 aliphatic carbocycles. The average Bonchev–Trinajstić information content (AvgIpc) is 2.94. The van der Waals surface area contributed by atoms with Crippen molar-refractivity contribution in [1.29, 1.82) is 0 Å². The number of ketones is 1. The van der Waals surface area contributed by atoms with Gasteiger partial charge in [-0.1, -0.05) is 12.1 Å². The van der Waals surface area contributed by atoms with E-state index >= 15 is 0 Å². The first-order chi connectivity index (χ1) is 10.2. The van der Waals surface area contributed by atoms with Crippen molar-refractivity contribution in [3.05, 3.63) is 29.8 Å². The molecular formula is C17H24N2O2. The Bertz CT molecular complexity index is 517. The van der Waals surface area contributed by atoms with Crippen molar-refractivity contribution >= 4 is 5.78 Å². The zero-order chi connectivity index (χ0) is 14.8. The number of nitrogens with zero attached hydrogens (tertiary/aromatic N) is 2. The fourth-order valence-corrected chi connectivity index (χ4v) is 3.54. The highest BCUT2D eigenvalue weighted by Crippen LogP contribution is 2.24. The lowest BCUT2D eigenvalue weighted by molar-refractivity contribution is 0.0535. The number of fused-ring (bicyclic) bond motifs is 1. The number of Topliss-reactive ketones (excluding diaryl/α,β-unsaturated/α-hetero) is 1. The quantitative estimate of drug-likeness (QED) is 0.794. The summed E-state index contributed by atoms with van der Waals surface area (Å²) < 4.78 is 5.20. The Labute approximate surface area is 126 Å². The summed E-state index contributed by atoms with van der Waals surface area (Å²) in [5.74, 6) is 0.932. The topological polar surface area (TPSA) is 32.8 Å². The van der Waals surface area contributed by atoms with Gasteiger partial charge in [-0.05, 0) is 38.4 Å². The third kappa shape index (κ3) is 3.11. The van der Waals surface area contributed by atoms with Crippen molar-refractivity contribution in [3.8, 4) is 5.75 Å². The van der Waals surface area contributed by atoms with E-state index in [1.54, 1.807) is 7.11 Å². The third-order valence-corrected chi connectivity index (χ3v) is 4.80. The molecule has 0 aromatic heterocycles. The lowest BCUT2D eigenvalue weighted by Gasteiger charge is -2.42. The van der Waals surface area contributed by atoms with Crippen molar-refractivity contribution in [2.75, 3.05) is 33.3 Å². The smallest absolute Gasteiger partial charge is 0.176 e. The maximum absolute atomic E-state index is 12.5. The zero-order valence-electron chi connectivity index (χ0n) is 12.9. The molecule has 0 radical (unpaired) electrons. The van der Waals surface area contributed by atoms with Gasteiger partial charge in [-0.2, -0.15) is 0 Å². The summed E-state index contributed by atoms with van der Waals surface area (Å²) in [6.07, 6.45) is 2.58. The number of carbonyl (C=O) groups is 1. The minimum absolute atomic E-state index is 0.187. The fraction of sp³-hybridized carbons (Fsp3) is 0.588. The molecule has 2 heterocycles. The van der Waals surface area contributed by atoms with Crippen LogP contribution >= 0.6 is 0 Å². The lowest BCUT2D eigenvalue weighted by atomic mass is 10.1. The lowest BCUT2D eigenvalue weighted by Crippen LogP contribution is -2.55. The molecule has 4 nitrogen and oxygen atoms in total. The van der Waals surface area contributed by atoms with E-state index in [0.29, 0.717) is 18.6 Å². The van der Waals surface area contributed by atoms with Crippen LogP contribution in [0.1, 0.15) is 30.1 Å². The van der Waals surface area contributed by atoms with Crippen molar-refractivity contribution in [2.45, 2.75) is 31.8 Å². The zero-order valence-corrected chi connectivity index (χ0v) is 12.9. The number of piperazine rings is 1. The van der Waals surface area contributed by atoms with Crippen LogP contribution in [0.15, 0.2) is 24.3 Å². The Balaban J connectivity index is 1.66. The molecule has 0 N–H and O–H groups in total. The summed E-state index contributed by atoms with van der Waals surface area (Å²) >= 11 is 0. The normalized spacial score (nSPS) is 26.6. The molecule has 2 fully saturated rings. The van der Waals surface area contributed by atoms with Crippen molar-refractivity contribution in [2.24, 2.45) is 0 Å². The fourth-order valence-electron chi connectivity index (χ4n) is 3.54. The molecule has 1 aromatic carbocycles. The maximum atomic E-state index is 12.5. The predicted molar refractivity (Wildman–Crippen MR) is 83.0 cm³/mol. The second kappa shape index (κ2) is 6.16. The van der Waals surface area contributed by atoms with E-state index in [1.807, 2.05) is 24.3 Å². The molecule has 0 saturated carbocycles. The van der Waals surface area contributed by atoms with Crippen LogP contribution < -0.4 is 4.74 Å². The van der Waals surface area contributed by atoms with Crippen LogP contribution in [-0.2, 0) is 0 Å². The van der Waals surface area contributed by atoms with Gasteiger partial charge in [-0.3, -0.25) is 14.6 Å². The Hall–Kier alpha value is -1.39. The number of benzene rings is 1. The monoisotopic (exact) mass is 288 g/mol. The molecular weight excluding hydrogens is 264 g/mol. The second-order valence-electron chi connectivity index (χ2n) is 6.22. The molecule has 0 bridgehead atoms. The summed E-state index contributed by atoms with van der Waals surface area (Å²) in [5.41, 5.74) is 0.746. The van der Waals surface area contributed by atoms with Gasteiger partial charge >= 0.3 is 0 Å². The Morgan fingerprint density at radius 1 is 1.38 bits per heavy atom. The van der Waals surface area contributed by atoms with E-state index in [0.717, 1.165) is 24.4 Å². The molecule has 0 spiro atoms. The molecule has 21 heavy (non-hydrogen) atoms. The van der Waals surface area contributed by atoms with Crippen molar-refractivity contribution in [1.82, 2.24) is 9.80 Å². The third-order valence-electron chi connectivity index (χ3n) is 4.80. The number of rotatable bonds is 4. The van der Waals surface area contributed by atoms with E-state index < -0.39 is 0 Å². The molecule has 114 valence electrons.